The third kappa shape index (κ3) is 13.3. The van der Waals surface area contributed by atoms with Crippen molar-refractivity contribution >= 4 is 78.3 Å². The minimum Gasteiger partial charge on any atom is -0.307 e. The van der Waals surface area contributed by atoms with E-state index in [9.17, 15) is 0 Å². The Bertz CT molecular complexity index is 1890. The summed E-state index contributed by atoms with van der Waals surface area (Å²) in [6.07, 6.45) is 0. The smallest absolute Gasteiger partial charge is 0.106 e. The van der Waals surface area contributed by atoms with E-state index in [0.717, 1.165) is 0 Å². The Balaban J connectivity index is 0.000000166. The van der Waals surface area contributed by atoms with Crippen LogP contribution in [0.5, 0.6) is 0 Å². The average molecular weight is 923 g/mol. The zero-order valence-electron chi connectivity index (χ0n) is 33.4. The van der Waals surface area contributed by atoms with Gasteiger partial charge in [-0.05, 0) is 109 Å². The van der Waals surface area contributed by atoms with Gasteiger partial charge in [-0.2, -0.15) is 0 Å². The summed E-state index contributed by atoms with van der Waals surface area (Å²) in [6.45, 7) is 2.00. The number of hydrogen-bond acceptors (Lipinski definition) is 1. The molecule has 1 nitrogen and oxygen atoms in total. The Kier molecular flexibility index (Phi) is 19.7. The molecule has 1 radical (unpaired) electrons. The van der Waals surface area contributed by atoms with Crippen LogP contribution in [0.4, 0.5) is 0 Å². The van der Waals surface area contributed by atoms with E-state index in [0.29, 0.717) is 0 Å². The van der Waals surface area contributed by atoms with Crippen LogP contribution in [0.2, 0.25) is 0 Å². The van der Waals surface area contributed by atoms with Crippen LogP contribution in [-0.4, -0.2) is 6.79 Å². The summed E-state index contributed by atoms with van der Waals surface area (Å²) >= 11 is 0. The number of benzene rings is 9. The van der Waals surface area contributed by atoms with Crippen molar-refractivity contribution in [1.82, 2.24) is 0 Å². The summed E-state index contributed by atoms with van der Waals surface area (Å²) in [5.41, 5.74) is 0. The summed E-state index contributed by atoms with van der Waals surface area (Å²) in [5.74, 6) is 0. The van der Waals surface area contributed by atoms with E-state index in [2.05, 4.69) is 273 Å². The molecule has 0 aromatic heterocycles. The van der Waals surface area contributed by atoms with Crippen molar-refractivity contribution < 1.29 is 24.3 Å². The van der Waals surface area contributed by atoms with Crippen molar-refractivity contribution in [1.29, 1.82) is 0 Å². The Morgan fingerprint density at radius 1 is 0.183 bits per heavy atom. The molecule has 9 aromatic carbocycles. The van der Waals surface area contributed by atoms with Gasteiger partial charge in [-0.15, -0.1) is 0 Å². The predicted molar refractivity (Wildman–Crippen MR) is 267 cm³/mol. The second-order valence-corrected chi connectivity index (χ2v) is 20.9. The maximum absolute atomic E-state index is 8.00. The fourth-order valence-corrected chi connectivity index (χ4v) is 14.7. The van der Waals surface area contributed by atoms with E-state index in [-0.39, 0.29) is 19.5 Å². The molecule has 9 rings (SSSR count). The first-order valence-electron chi connectivity index (χ1n) is 19.7. The molecule has 297 valence electrons. The standard InChI is InChI=1S/3C18H15P.CH2O.Rh/c3*1-4-10-16(11-5-1)19(17-12-6-2-7-13-17)18-14-8-3-9-15-18;1-2;/h3*1-15H;1H2;/p+3. The molecule has 0 N–H and O–H groups in total. The van der Waals surface area contributed by atoms with Crippen LogP contribution in [0.3, 0.4) is 0 Å². The zero-order chi connectivity index (χ0) is 40.7. The van der Waals surface area contributed by atoms with Crippen LogP contribution in [-0.2, 0) is 24.3 Å². The Labute approximate surface area is 373 Å². The molecule has 0 aliphatic heterocycles. The molecule has 0 spiro atoms. The largest absolute Gasteiger partial charge is 0.307 e. The molecule has 0 saturated carbocycles. The van der Waals surface area contributed by atoms with Crippen molar-refractivity contribution in [2.75, 3.05) is 0 Å². The molecule has 0 unspecified atom stereocenters. The van der Waals surface area contributed by atoms with Gasteiger partial charge in [0, 0.05) is 19.5 Å². The number of carbonyl (C=O) groups is 1. The number of rotatable bonds is 9. The maximum atomic E-state index is 8.00. The molecular weight excluding hydrogens is 872 g/mol. The van der Waals surface area contributed by atoms with Crippen molar-refractivity contribution in [3.05, 3.63) is 273 Å². The molecule has 0 atom stereocenters. The van der Waals surface area contributed by atoms with Crippen molar-refractivity contribution in [2.24, 2.45) is 0 Å². The summed E-state index contributed by atoms with van der Waals surface area (Å²) in [5, 5.41) is 12.9. The molecule has 0 aliphatic rings. The summed E-state index contributed by atoms with van der Waals surface area (Å²) < 4.78 is 0. The van der Waals surface area contributed by atoms with Gasteiger partial charge in [-0.3, -0.25) is 0 Å². The molecule has 9 aromatic rings. The summed E-state index contributed by atoms with van der Waals surface area (Å²) in [4.78, 5) is 8.00. The van der Waals surface area contributed by atoms with Crippen molar-refractivity contribution in [3.8, 4) is 0 Å². The molecule has 0 saturated heterocycles. The molecule has 60 heavy (non-hydrogen) atoms. The first kappa shape index (κ1) is 45.6. The van der Waals surface area contributed by atoms with E-state index in [1.165, 1.54) is 47.7 Å². The number of hydrogen-bond donors (Lipinski definition) is 0. The van der Waals surface area contributed by atoms with Crippen LogP contribution in [0.25, 0.3) is 0 Å². The summed E-state index contributed by atoms with van der Waals surface area (Å²) in [6, 6.07) is 97.5. The first-order valence-corrected chi connectivity index (χ1v) is 24.2. The normalized spacial score (nSPS) is 10.1. The van der Waals surface area contributed by atoms with Gasteiger partial charge in [0.25, 0.3) is 0 Å². The maximum Gasteiger partial charge on any atom is 0.106 e. The van der Waals surface area contributed by atoms with Gasteiger partial charge in [0.1, 0.15) is 54.5 Å². The Morgan fingerprint density at radius 2 is 0.267 bits per heavy atom. The number of carbonyl (C=O) groups excluding carboxylic acids is 1. The SMILES string of the molecule is C=O.[Rh].c1ccc([PH+](c2ccccc2)c2ccccc2)cc1.c1ccc([PH+](c2ccccc2)c2ccccc2)cc1.c1ccc([PH+](c2ccccc2)c2ccccc2)cc1. The van der Waals surface area contributed by atoms with E-state index >= 15 is 0 Å². The molecule has 0 heterocycles. The minimum atomic E-state index is -0.877. The van der Waals surface area contributed by atoms with E-state index in [1.54, 1.807) is 0 Å². The molecule has 0 amide bonds. The van der Waals surface area contributed by atoms with E-state index in [1.807, 2.05) is 6.79 Å². The molecule has 0 aliphatic carbocycles. The third-order valence-corrected chi connectivity index (χ3v) is 17.8. The van der Waals surface area contributed by atoms with Gasteiger partial charge in [0.15, 0.2) is 0 Å². The van der Waals surface area contributed by atoms with Crippen molar-refractivity contribution in [2.45, 2.75) is 0 Å². The quantitative estimate of drug-likeness (QED) is 0.104. The average Bonchev–Trinajstić information content (AvgIpc) is 3.34. The molecular formula is C55H50OP3Rh+3. The zero-order valence-corrected chi connectivity index (χ0v) is 38.1. The first-order chi connectivity index (χ1) is 29.3. The summed E-state index contributed by atoms with van der Waals surface area (Å²) in [7, 11) is -2.63. The van der Waals surface area contributed by atoms with Crippen LogP contribution in [0.15, 0.2) is 273 Å². The third-order valence-electron chi connectivity index (χ3n) is 9.56. The van der Waals surface area contributed by atoms with E-state index < -0.39 is 23.8 Å². The van der Waals surface area contributed by atoms with Crippen LogP contribution in [0.1, 0.15) is 0 Å². The van der Waals surface area contributed by atoms with Gasteiger partial charge < -0.3 is 4.79 Å². The van der Waals surface area contributed by atoms with Gasteiger partial charge in [0.2, 0.25) is 0 Å². The van der Waals surface area contributed by atoms with Crippen LogP contribution < -0.4 is 47.7 Å². The Morgan fingerprint density at radius 3 is 0.350 bits per heavy atom. The molecule has 0 fully saturated rings. The predicted octanol–water partition coefficient (Wildman–Crippen LogP) is 9.34. The fraction of sp³-hybridized carbons (Fsp3) is 0. The van der Waals surface area contributed by atoms with Crippen molar-refractivity contribution in [3.63, 3.8) is 0 Å². The molecule has 0 bridgehead atoms. The fourth-order valence-electron chi connectivity index (χ4n) is 6.94. The van der Waals surface area contributed by atoms with E-state index in [4.69, 9.17) is 4.79 Å². The van der Waals surface area contributed by atoms with Crippen LogP contribution >= 0.6 is 23.8 Å². The topological polar surface area (TPSA) is 17.1 Å². The second kappa shape index (κ2) is 25.9. The Hall–Kier alpha value is -5.44. The van der Waals surface area contributed by atoms with Gasteiger partial charge >= 0.3 is 0 Å². The minimum absolute atomic E-state index is 0. The van der Waals surface area contributed by atoms with Gasteiger partial charge in [0.05, 0.1) is 23.8 Å². The van der Waals surface area contributed by atoms with Gasteiger partial charge in [-0.1, -0.05) is 164 Å². The van der Waals surface area contributed by atoms with Crippen LogP contribution in [0, 0.1) is 0 Å². The molecule has 5 heteroatoms. The second-order valence-electron chi connectivity index (χ2n) is 13.4. The van der Waals surface area contributed by atoms with Gasteiger partial charge in [-0.25, -0.2) is 0 Å². The monoisotopic (exact) mass is 922 g/mol.